The van der Waals surface area contributed by atoms with Crippen molar-refractivity contribution >= 4 is 35.7 Å². The van der Waals surface area contributed by atoms with E-state index in [2.05, 4.69) is 10.6 Å². The lowest BCUT2D eigenvalue weighted by atomic mass is 10.1. The van der Waals surface area contributed by atoms with E-state index in [1.54, 1.807) is 31.2 Å². The van der Waals surface area contributed by atoms with Crippen molar-refractivity contribution in [3.63, 3.8) is 0 Å². The van der Waals surface area contributed by atoms with Crippen LogP contribution in [0.5, 0.6) is 0 Å². The van der Waals surface area contributed by atoms with Crippen molar-refractivity contribution in [2.75, 3.05) is 25.5 Å². The number of carbonyl (C=O) groups is 5. The number of carbonyl (C=O) groups excluding carboxylic acids is 4. The van der Waals surface area contributed by atoms with Crippen LogP contribution in [0.2, 0.25) is 0 Å². The van der Waals surface area contributed by atoms with Crippen LogP contribution in [0, 0.1) is 0 Å². The molecule has 1 aliphatic heterocycles. The molecule has 0 radical (unpaired) electrons. The van der Waals surface area contributed by atoms with E-state index >= 15 is 0 Å². The number of amides is 3. The fraction of sp³-hybridized carbons (Fsp3) is 0.476. The van der Waals surface area contributed by atoms with Crippen molar-refractivity contribution in [1.29, 1.82) is 0 Å². The molecule has 1 heterocycles. The van der Waals surface area contributed by atoms with E-state index in [1.165, 1.54) is 4.90 Å². The van der Waals surface area contributed by atoms with Gasteiger partial charge in [0.1, 0.15) is 18.4 Å². The lowest BCUT2D eigenvalue weighted by molar-refractivity contribution is -0.141. The van der Waals surface area contributed by atoms with Gasteiger partial charge in [-0.2, -0.15) is 0 Å². The van der Waals surface area contributed by atoms with Crippen LogP contribution in [-0.2, 0) is 19.2 Å². The summed E-state index contributed by atoms with van der Waals surface area (Å²) < 4.78 is 0. The van der Waals surface area contributed by atoms with Gasteiger partial charge in [-0.3, -0.25) is 19.2 Å². The van der Waals surface area contributed by atoms with Crippen LogP contribution in [0.15, 0.2) is 24.3 Å². The molecule has 3 atom stereocenters. The van der Waals surface area contributed by atoms with Crippen LogP contribution in [0.25, 0.3) is 0 Å². The number of benzene rings is 1. The van der Waals surface area contributed by atoms with Crippen LogP contribution >= 0.6 is 0 Å². The third kappa shape index (κ3) is 6.27. The van der Waals surface area contributed by atoms with Gasteiger partial charge in [-0.25, -0.2) is 0 Å². The largest absolute Gasteiger partial charge is 0.481 e. The van der Waals surface area contributed by atoms with Gasteiger partial charge < -0.3 is 30.3 Å². The first-order valence-electron chi connectivity index (χ1n) is 10.00. The highest BCUT2D eigenvalue weighted by atomic mass is 16.4. The van der Waals surface area contributed by atoms with Gasteiger partial charge in [0, 0.05) is 31.9 Å². The summed E-state index contributed by atoms with van der Waals surface area (Å²) in [6, 6.07) is 4.07. The summed E-state index contributed by atoms with van der Waals surface area (Å²) in [6.45, 7) is 1.87. The Labute approximate surface area is 180 Å². The van der Waals surface area contributed by atoms with Crippen molar-refractivity contribution in [3.05, 3.63) is 29.8 Å². The molecule has 168 valence electrons. The number of carboxylic acid groups (broad SMARTS) is 1. The van der Waals surface area contributed by atoms with E-state index in [9.17, 15) is 24.0 Å². The highest BCUT2D eigenvalue weighted by Gasteiger charge is 2.37. The Hall–Kier alpha value is -3.43. The molecule has 0 aromatic heterocycles. The van der Waals surface area contributed by atoms with Gasteiger partial charge in [0.05, 0.1) is 12.5 Å². The summed E-state index contributed by atoms with van der Waals surface area (Å²) in [5.41, 5.74) is 1.34. The number of rotatable bonds is 9. The molecule has 0 spiro atoms. The minimum atomic E-state index is -1.22. The number of hydrogen-bond donors (Lipinski definition) is 3. The first kappa shape index (κ1) is 23.8. The van der Waals surface area contributed by atoms with Gasteiger partial charge in [0.2, 0.25) is 11.8 Å². The van der Waals surface area contributed by atoms with Crippen molar-refractivity contribution in [3.8, 4) is 0 Å². The molecule has 2 rings (SSSR count). The van der Waals surface area contributed by atoms with Crippen molar-refractivity contribution in [2.45, 2.75) is 44.3 Å². The zero-order valence-electron chi connectivity index (χ0n) is 17.8. The van der Waals surface area contributed by atoms with Crippen molar-refractivity contribution < 1.29 is 29.1 Å². The third-order valence-corrected chi connectivity index (χ3v) is 5.09. The maximum atomic E-state index is 12.9. The first-order chi connectivity index (χ1) is 14.6. The Morgan fingerprint density at radius 1 is 1.19 bits per heavy atom. The Bertz CT molecular complexity index is 839. The van der Waals surface area contributed by atoms with E-state index in [0.717, 1.165) is 5.69 Å². The van der Waals surface area contributed by atoms with Crippen LogP contribution < -0.4 is 15.5 Å². The predicted molar refractivity (Wildman–Crippen MR) is 113 cm³/mol. The molecule has 3 N–H and O–H groups in total. The number of anilines is 1. The summed E-state index contributed by atoms with van der Waals surface area (Å²) >= 11 is 0. The second kappa shape index (κ2) is 10.6. The van der Waals surface area contributed by atoms with E-state index in [0.29, 0.717) is 31.2 Å². The van der Waals surface area contributed by atoms with Crippen LogP contribution in [0.3, 0.4) is 0 Å². The molecule has 0 aliphatic carbocycles. The molecule has 1 saturated heterocycles. The number of aliphatic carboxylic acids is 1. The lowest BCUT2D eigenvalue weighted by Crippen LogP contribution is -2.54. The second-order valence-electron chi connectivity index (χ2n) is 7.68. The summed E-state index contributed by atoms with van der Waals surface area (Å²) in [4.78, 5) is 62.9. The number of hydrogen-bond acceptors (Lipinski definition) is 6. The molecule has 3 amide bonds. The number of carboxylic acids is 1. The van der Waals surface area contributed by atoms with Gasteiger partial charge >= 0.3 is 5.97 Å². The minimum absolute atomic E-state index is 0.333. The Morgan fingerprint density at radius 2 is 1.84 bits per heavy atom. The number of nitrogens with zero attached hydrogens (tertiary/aromatic N) is 2. The fourth-order valence-electron chi connectivity index (χ4n) is 3.40. The predicted octanol–water partition coefficient (Wildman–Crippen LogP) is 0.0203. The van der Waals surface area contributed by atoms with E-state index in [-0.39, 0.29) is 0 Å². The lowest BCUT2D eigenvalue weighted by Gasteiger charge is -2.27. The topological polar surface area (TPSA) is 136 Å². The number of likely N-dealkylation sites (tertiary alicyclic amines) is 1. The molecule has 1 fully saturated rings. The third-order valence-electron chi connectivity index (χ3n) is 5.09. The molecule has 1 aromatic carbocycles. The van der Waals surface area contributed by atoms with Crippen molar-refractivity contribution in [2.24, 2.45) is 0 Å². The van der Waals surface area contributed by atoms with E-state index in [1.807, 2.05) is 19.0 Å². The molecule has 0 bridgehead atoms. The van der Waals surface area contributed by atoms with Crippen molar-refractivity contribution in [1.82, 2.24) is 15.5 Å². The van der Waals surface area contributed by atoms with Crippen LogP contribution in [0.1, 0.15) is 36.5 Å². The maximum absolute atomic E-state index is 12.9. The van der Waals surface area contributed by atoms with Gasteiger partial charge in [-0.1, -0.05) is 0 Å². The fourth-order valence-corrected chi connectivity index (χ4v) is 3.40. The molecule has 1 aromatic rings. The zero-order chi connectivity index (χ0) is 23.1. The normalized spacial score (nSPS) is 17.4. The van der Waals surface area contributed by atoms with Gasteiger partial charge in [0.25, 0.3) is 5.91 Å². The molecule has 31 heavy (non-hydrogen) atoms. The molecular formula is C21H28N4O6. The standard InChI is InChI=1S/C21H28N4O6/c1-13(22-19(29)14-6-8-16(9-7-14)24(2)3)21(31)25-10-4-5-17(25)20(30)23-15(12-26)11-18(27)28/h6-9,12-13,15,17H,4-5,10-11H2,1-3H3,(H,22,29)(H,23,30)(H,27,28)/t13-,15-,17-/m0/s1. The molecule has 0 unspecified atom stereocenters. The Kier molecular flexibility index (Phi) is 8.12. The average Bonchev–Trinajstić information content (AvgIpc) is 3.22. The second-order valence-corrected chi connectivity index (χ2v) is 7.68. The quantitative estimate of drug-likeness (QED) is 0.468. The molecule has 10 nitrogen and oxygen atoms in total. The monoisotopic (exact) mass is 432 g/mol. The van der Waals surface area contributed by atoms with Gasteiger partial charge in [-0.05, 0) is 44.0 Å². The van der Waals surface area contributed by atoms with Crippen LogP contribution in [-0.4, -0.2) is 78.7 Å². The smallest absolute Gasteiger partial charge is 0.305 e. The first-order valence-corrected chi connectivity index (χ1v) is 10.00. The summed E-state index contributed by atoms with van der Waals surface area (Å²) in [5, 5.41) is 13.8. The van der Waals surface area contributed by atoms with Gasteiger partial charge in [-0.15, -0.1) is 0 Å². The SMILES string of the molecule is C[C@H](NC(=O)c1ccc(N(C)C)cc1)C(=O)N1CCC[C@H]1C(=O)N[C@H](C=O)CC(=O)O. The van der Waals surface area contributed by atoms with E-state index < -0.39 is 48.2 Å². The molecular weight excluding hydrogens is 404 g/mol. The van der Waals surface area contributed by atoms with Gasteiger partial charge in [0.15, 0.2) is 0 Å². The summed E-state index contributed by atoms with van der Waals surface area (Å²) in [6.07, 6.45) is 0.802. The highest BCUT2D eigenvalue weighted by Crippen LogP contribution is 2.19. The minimum Gasteiger partial charge on any atom is -0.481 e. The van der Waals surface area contributed by atoms with E-state index in [4.69, 9.17) is 5.11 Å². The zero-order valence-corrected chi connectivity index (χ0v) is 17.8. The number of nitrogens with one attached hydrogen (secondary N) is 2. The Morgan fingerprint density at radius 3 is 2.39 bits per heavy atom. The summed E-state index contributed by atoms with van der Waals surface area (Å²) in [5.74, 6) is -2.63. The number of aldehydes is 1. The molecule has 1 aliphatic rings. The Balaban J connectivity index is 1.99. The van der Waals surface area contributed by atoms with Crippen LogP contribution in [0.4, 0.5) is 5.69 Å². The summed E-state index contributed by atoms with van der Waals surface area (Å²) in [7, 11) is 3.77. The maximum Gasteiger partial charge on any atom is 0.305 e. The molecule has 10 heteroatoms. The highest BCUT2D eigenvalue weighted by molar-refractivity contribution is 5.98. The average molecular weight is 432 g/mol. The molecule has 0 saturated carbocycles.